The lowest BCUT2D eigenvalue weighted by molar-refractivity contribution is 0.624. The number of nitrogens with two attached hydrogens (primary N) is 1. The number of fused-ring (bicyclic) bond motifs is 1. The van der Waals surface area contributed by atoms with E-state index in [-0.39, 0.29) is 5.82 Å². The monoisotopic (exact) mass is 277 g/mol. The van der Waals surface area contributed by atoms with Crippen molar-refractivity contribution in [3.8, 4) is 0 Å². The van der Waals surface area contributed by atoms with Gasteiger partial charge in [-0.25, -0.2) is 19.3 Å². The normalized spacial score (nSPS) is 11.1. The zero-order chi connectivity index (χ0) is 13.4. The summed E-state index contributed by atoms with van der Waals surface area (Å²) < 4.78 is 15.0. The first-order valence-electron chi connectivity index (χ1n) is 5.50. The van der Waals surface area contributed by atoms with Gasteiger partial charge in [-0.3, -0.25) is 0 Å². The molecule has 2 heterocycles. The number of aromatic nitrogens is 4. The molecule has 0 saturated heterocycles. The van der Waals surface area contributed by atoms with Crippen LogP contribution in [0.25, 0.3) is 11.2 Å². The maximum atomic E-state index is 13.2. The topological polar surface area (TPSA) is 69.6 Å². The number of benzene rings is 1. The minimum atomic E-state index is -0.335. The van der Waals surface area contributed by atoms with Crippen molar-refractivity contribution in [1.29, 1.82) is 0 Å². The van der Waals surface area contributed by atoms with Gasteiger partial charge in [0, 0.05) is 5.02 Å². The predicted molar refractivity (Wildman–Crippen MR) is 70.2 cm³/mol. The molecule has 0 aliphatic carbocycles. The Labute approximate surface area is 112 Å². The van der Waals surface area contributed by atoms with E-state index in [1.807, 2.05) is 0 Å². The summed E-state index contributed by atoms with van der Waals surface area (Å²) in [4.78, 5) is 12.1. The molecule has 0 spiro atoms. The Balaban J connectivity index is 2.06. The number of rotatable bonds is 2. The Morgan fingerprint density at radius 2 is 2.11 bits per heavy atom. The third kappa shape index (κ3) is 2.10. The Hall–Kier alpha value is -2.21. The number of halogens is 2. The Morgan fingerprint density at radius 1 is 1.26 bits per heavy atom. The Morgan fingerprint density at radius 3 is 2.95 bits per heavy atom. The highest BCUT2D eigenvalue weighted by Crippen LogP contribution is 2.21. The molecule has 3 rings (SSSR count). The molecule has 7 heteroatoms. The molecule has 2 aromatic heterocycles. The van der Waals surface area contributed by atoms with E-state index in [4.69, 9.17) is 17.3 Å². The first-order valence-corrected chi connectivity index (χ1v) is 5.88. The van der Waals surface area contributed by atoms with Gasteiger partial charge in [0.25, 0.3) is 0 Å². The molecule has 19 heavy (non-hydrogen) atoms. The van der Waals surface area contributed by atoms with Crippen molar-refractivity contribution in [1.82, 2.24) is 19.5 Å². The summed E-state index contributed by atoms with van der Waals surface area (Å²) in [6.07, 6.45) is 2.94. The Bertz CT molecular complexity index is 755. The highest BCUT2D eigenvalue weighted by molar-refractivity contribution is 6.31. The summed E-state index contributed by atoms with van der Waals surface area (Å²) in [5, 5.41) is 0.491. The SMILES string of the molecule is Nc1ncnc2c1ncn2Cc1cc(F)ccc1Cl. The Kier molecular flexibility index (Phi) is 2.79. The molecule has 0 radical (unpaired) electrons. The van der Waals surface area contributed by atoms with Crippen molar-refractivity contribution in [3.05, 3.63) is 47.3 Å². The average molecular weight is 278 g/mol. The fourth-order valence-electron chi connectivity index (χ4n) is 1.86. The first kappa shape index (κ1) is 11.9. The second-order valence-corrected chi connectivity index (χ2v) is 4.45. The van der Waals surface area contributed by atoms with E-state index in [1.54, 1.807) is 10.9 Å². The average Bonchev–Trinajstić information content (AvgIpc) is 2.79. The van der Waals surface area contributed by atoms with Crippen LogP contribution in [0.2, 0.25) is 5.02 Å². The molecule has 1 aromatic carbocycles. The molecule has 0 bridgehead atoms. The van der Waals surface area contributed by atoms with Crippen LogP contribution in [0.3, 0.4) is 0 Å². The minimum Gasteiger partial charge on any atom is -0.382 e. The van der Waals surface area contributed by atoms with Gasteiger partial charge in [-0.15, -0.1) is 0 Å². The van der Waals surface area contributed by atoms with Crippen LogP contribution in [-0.4, -0.2) is 19.5 Å². The summed E-state index contributed by atoms with van der Waals surface area (Å²) >= 11 is 6.04. The van der Waals surface area contributed by atoms with E-state index in [0.717, 1.165) is 0 Å². The highest BCUT2D eigenvalue weighted by atomic mass is 35.5. The molecular weight excluding hydrogens is 269 g/mol. The van der Waals surface area contributed by atoms with Gasteiger partial charge in [-0.2, -0.15) is 0 Å². The molecule has 3 aromatic rings. The number of hydrogen-bond donors (Lipinski definition) is 1. The smallest absolute Gasteiger partial charge is 0.165 e. The van der Waals surface area contributed by atoms with Crippen LogP contribution >= 0.6 is 11.6 Å². The zero-order valence-electron chi connectivity index (χ0n) is 9.72. The molecule has 0 aliphatic heterocycles. The van der Waals surface area contributed by atoms with Crippen LogP contribution < -0.4 is 5.73 Å². The van der Waals surface area contributed by atoms with Crippen molar-refractivity contribution in [3.63, 3.8) is 0 Å². The van der Waals surface area contributed by atoms with E-state index < -0.39 is 0 Å². The van der Waals surface area contributed by atoms with Gasteiger partial charge in [0.1, 0.15) is 17.7 Å². The lowest BCUT2D eigenvalue weighted by atomic mass is 10.2. The summed E-state index contributed by atoms with van der Waals surface area (Å²) in [5.41, 5.74) is 7.47. The number of imidazole rings is 1. The predicted octanol–water partition coefficient (Wildman–Crippen LogP) is 2.25. The van der Waals surface area contributed by atoms with Crippen molar-refractivity contribution < 1.29 is 4.39 Å². The molecule has 96 valence electrons. The van der Waals surface area contributed by atoms with Gasteiger partial charge < -0.3 is 10.3 Å². The standard InChI is InChI=1S/C12H9ClFN5/c13-9-2-1-8(14)3-7(9)4-19-6-18-10-11(15)16-5-17-12(10)19/h1-3,5-6H,4H2,(H2,15,16,17). The second-order valence-electron chi connectivity index (χ2n) is 4.04. The van der Waals surface area contributed by atoms with Crippen molar-refractivity contribution in [2.45, 2.75) is 6.54 Å². The summed E-state index contributed by atoms with van der Waals surface area (Å²) in [6, 6.07) is 4.23. The second kappa shape index (κ2) is 4.47. The summed E-state index contributed by atoms with van der Waals surface area (Å²) in [7, 11) is 0. The van der Waals surface area contributed by atoms with Crippen molar-refractivity contribution >= 4 is 28.6 Å². The van der Waals surface area contributed by atoms with E-state index in [9.17, 15) is 4.39 Å². The van der Waals surface area contributed by atoms with Crippen LogP contribution in [0.1, 0.15) is 5.56 Å². The van der Waals surface area contributed by atoms with Crippen LogP contribution in [0.15, 0.2) is 30.9 Å². The minimum absolute atomic E-state index is 0.314. The first-order chi connectivity index (χ1) is 9.15. The fourth-order valence-corrected chi connectivity index (χ4v) is 2.04. The van der Waals surface area contributed by atoms with Crippen LogP contribution in [0.4, 0.5) is 10.2 Å². The van der Waals surface area contributed by atoms with E-state index in [0.29, 0.717) is 34.1 Å². The molecule has 0 fully saturated rings. The van der Waals surface area contributed by atoms with Crippen LogP contribution in [-0.2, 0) is 6.54 Å². The van der Waals surface area contributed by atoms with Gasteiger partial charge >= 0.3 is 0 Å². The third-order valence-electron chi connectivity index (χ3n) is 2.78. The molecule has 0 amide bonds. The van der Waals surface area contributed by atoms with Crippen LogP contribution in [0.5, 0.6) is 0 Å². The maximum Gasteiger partial charge on any atom is 0.165 e. The molecule has 5 nitrogen and oxygen atoms in total. The molecular formula is C12H9ClFN5. The highest BCUT2D eigenvalue weighted by Gasteiger charge is 2.10. The van der Waals surface area contributed by atoms with Gasteiger partial charge in [0.05, 0.1) is 12.9 Å². The van der Waals surface area contributed by atoms with E-state index in [1.165, 1.54) is 24.5 Å². The van der Waals surface area contributed by atoms with Crippen molar-refractivity contribution in [2.24, 2.45) is 0 Å². The van der Waals surface area contributed by atoms with E-state index >= 15 is 0 Å². The van der Waals surface area contributed by atoms with E-state index in [2.05, 4.69) is 15.0 Å². The number of nitrogen functional groups attached to an aromatic ring is 1. The lowest BCUT2D eigenvalue weighted by Gasteiger charge is -2.06. The summed E-state index contributed by atoms with van der Waals surface area (Å²) in [6.45, 7) is 0.365. The molecule has 2 N–H and O–H groups in total. The van der Waals surface area contributed by atoms with Crippen molar-refractivity contribution in [2.75, 3.05) is 5.73 Å². The molecule has 0 saturated carbocycles. The van der Waals surface area contributed by atoms with Gasteiger partial charge in [-0.05, 0) is 23.8 Å². The summed E-state index contributed by atoms with van der Waals surface area (Å²) in [5.74, 6) is -0.0213. The lowest BCUT2D eigenvalue weighted by Crippen LogP contribution is -2.01. The number of nitrogens with zero attached hydrogens (tertiary/aromatic N) is 4. The van der Waals surface area contributed by atoms with Gasteiger partial charge in [-0.1, -0.05) is 11.6 Å². The van der Waals surface area contributed by atoms with Crippen LogP contribution in [0, 0.1) is 5.82 Å². The molecule has 0 unspecified atom stereocenters. The van der Waals surface area contributed by atoms with Gasteiger partial charge in [0.2, 0.25) is 0 Å². The third-order valence-corrected chi connectivity index (χ3v) is 3.15. The molecule has 0 atom stereocenters. The quantitative estimate of drug-likeness (QED) is 0.780. The largest absolute Gasteiger partial charge is 0.382 e. The number of hydrogen-bond acceptors (Lipinski definition) is 4. The van der Waals surface area contributed by atoms with Gasteiger partial charge in [0.15, 0.2) is 11.5 Å². The number of anilines is 1. The fraction of sp³-hybridized carbons (Fsp3) is 0.0833. The maximum absolute atomic E-state index is 13.2. The zero-order valence-corrected chi connectivity index (χ0v) is 10.5. The molecule has 0 aliphatic rings.